The first kappa shape index (κ1) is 13.8. The number of benzene rings is 1. The van der Waals surface area contributed by atoms with E-state index in [4.69, 9.17) is 0 Å². The van der Waals surface area contributed by atoms with Crippen LogP contribution in [0.4, 0.5) is 10.1 Å². The Morgan fingerprint density at radius 1 is 1.26 bits per heavy atom. The summed E-state index contributed by atoms with van der Waals surface area (Å²) in [5, 5.41) is 1.67. The van der Waals surface area contributed by atoms with Gasteiger partial charge >= 0.3 is 0 Å². The molecule has 2 aromatic rings. The van der Waals surface area contributed by atoms with E-state index in [-0.39, 0.29) is 16.4 Å². The van der Waals surface area contributed by atoms with Crippen LogP contribution in [0.3, 0.4) is 0 Å². The summed E-state index contributed by atoms with van der Waals surface area (Å²) in [7, 11) is -3.75. The van der Waals surface area contributed by atoms with E-state index >= 15 is 0 Å². The molecule has 0 aliphatic carbocycles. The molecule has 0 radical (unpaired) electrons. The normalized spacial score (nSPS) is 11.2. The van der Waals surface area contributed by atoms with Crippen LogP contribution in [0.25, 0.3) is 0 Å². The van der Waals surface area contributed by atoms with Gasteiger partial charge in [0.05, 0.1) is 12.2 Å². The molecule has 2 rings (SSSR count). The van der Waals surface area contributed by atoms with Crippen LogP contribution >= 0.6 is 11.3 Å². The van der Waals surface area contributed by atoms with Gasteiger partial charge in [0.2, 0.25) is 0 Å². The number of hydrogen-bond donors (Lipinski definition) is 0. The van der Waals surface area contributed by atoms with E-state index in [1.165, 1.54) is 30.3 Å². The zero-order chi connectivity index (χ0) is 13.9. The lowest BCUT2D eigenvalue weighted by Gasteiger charge is -2.22. The Bertz CT molecular complexity index is 666. The lowest BCUT2D eigenvalue weighted by molar-refractivity contribution is 0.589. The van der Waals surface area contributed by atoms with E-state index < -0.39 is 15.8 Å². The summed E-state index contributed by atoms with van der Waals surface area (Å²) >= 11 is 1.10. The van der Waals surface area contributed by atoms with Gasteiger partial charge in [0.15, 0.2) is 0 Å². The quantitative estimate of drug-likeness (QED) is 0.794. The molecular formula is C13H12FNO2S2. The summed E-state index contributed by atoms with van der Waals surface area (Å²) in [4.78, 5) is 0. The molecule has 0 aliphatic heterocycles. The first-order valence-corrected chi connectivity index (χ1v) is 7.81. The van der Waals surface area contributed by atoms with Gasteiger partial charge < -0.3 is 0 Å². The molecule has 0 saturated heterocycles. The molecule has 19 heavy (non-hydrogen) atoms. The fraction of sp³-hybridized carbons (Fsp3) is 0.0769. The van der Waals surface area contributed by atoms with Crippen LogP contribution in [0.2, 0.25) is 0 Å². The van der Waals surface area contributed by atoms with E-state index in [1.54, 1.807) is 17.5 Å². The summed E-state index contributed by atoms with van der Waals surface area (Å²) in [6, 6.07) is 8.92. The Hall–Kier alpha value is -1.66. The number of anilines is 1. The number of halogens is 1. The monoisotopic (exact) mass is 297 g/mol. The molecule has 0 N–H and O–H groups in total. The number of para-hydroxylation sites is 1. The standard InChI is InChI=1S/C13H12FNO2S2/c1-2-9-15(12-7-4-3-6-11(12)14)19(16,17)13-8-5-10-18-13/h2-8,10H,1,9H2. The van der Waals surface area contributed by atoms with Crippen molar-refractivity contribution in [3.63, 3.8) is 0 Å². The van der Waals surface area contributed by atoms with Crippen LogP contribution < -0.4 is 4.31 Å². The van der Waals surface area contributed by atoms with Gasteiger partial charge in [-0.3, -0.25) is 4.31 Å². The average molecular weight is 297 g/mol. The smallest absolute Gasteiger partial charge is 0.259 e. The maximum absolute atomic E-state index is 13.8. The van der Waals surface area contributed by atoms with Crippen molar-refractivity contribution in [2.45, 2.75) is 4.21 Å². The summed E-state index contributed by atoms with van der Waals surface area (Å²) in [6.45, 7) is 3.54. The van der Waals surface area contributed by atoms with Gasteiger partial charge in [-0.05, 0) is 23.6 Å². The van der Waals surface area contributed by atoms with Gasteiger partial charge in [-0.1, -0.05) is 24.3 Å². The molecule has 0 unspecified atom stereocenters. The number of rotatable bonds is 5. The van der Waals surface area contributed by atoms with E-state index in [0.717, 1.165) is 15.6 Å². The molecule has 0 fully saturated rings. The van der Waals surface area contributed by atoms with Gasteiger partial charge in [-0.15, -0.1) is 17.9 Å². The van der Waals surface area contributed by atoms with Crippen molar-refractivity contribution in [3.8, 4) is 0 Å². The predicted molar refractivity (Wildman–Crippen MR) is 75.4 cm³/mol. The Labute approximate surface area is 115 Å². The van der Waals surface area contributed by atoms with Crippen molar-refractivity contribution < 1.29 is 12.8 Å². The number of thiophene rings is 1. The first-order valence-electron chi connectivity index (χ1n) is 5.49. The van der Waals surface area contributed by atoms with Crippen molar-refractivity contribution in [1.29, 1.82) is 0 Å². The van der Waals surface area contributed by atoms with Crippen LogP contribution in [0.15, 0.2) is 58.6 Å². The van der Waals surface area contributed by atoms with E-state index in [2.05, 4.69) is 6.58 Å². The van der Waals surface area contributed by atoms with Crippen molar-refractivity contribution in [3.05, 3.63) is 60.3 Å². The van der Waals surface area contributed by atoms with Crippen LogP contribution in [0.1, 0.15) is 0 Å². The second kappa shape index (κ2) is 5.54. The van der Waals surface area contributed by atoms with Gasteiger partial charge in [0.1, 0.15) is 10.0 Å². The molecule has 0 spiro atoms. The van der Waals surface area contributed by atoms with Gasteiger partial charge in [-0.2, -0.15) is 0 Å². The molecule has 0 amide bonds. The largest absolute Gasteiger partial charge is 0.274 e. The van der Waals surface area contributed by atoms with Gasteiger partial charge in [-0.25, -0.2) is 12.8 Å². The summed E-state index contributed by atoms with van der Waals surface area (Å²) in [5.41, 5.74) is 0.0239. The van der Waals surface area contributed by atoms with Gasteiger partial charge in [0, 0.05) is 0 Å². The summed E-state index contributed by atoms with van der Waals surface area (Å²) in [5.74, 6) is -0.579. The molecular weight excluding hydrogens is 285 g/mol. The van der Waals surface area contributed by atoms with Crippen LogP contribution in [-0.4, -0.2) is 15.0 Å². The highest BCUT2D eigenvalue weighted by Gasteiger charge is 2.26. The minimum Gasteiger partial charge on any atom is -0.259 e. The first-order chi connectivity index (χ1) is 9.07. The zero-order valence-corrected chi connectivity index (χ0v) is 11.6. The molecule has 0 saturated carbocycles. The molecule has 1 aromatic heterocycles. The average Bonchev–Trinajstić information content (AvgIpc) is 2.91. The Balaban J connectivity index is 2.53. The van der Waals surface area contributed by atoms with Crippen molar-refractivity contribution in [1.82, 2.24) is 0 Å². The fourth-order valence-electron chi connectivity index (χ4n) is 1.62. The molecule has 1 aromatic carbocycles. The number of nitrogens with zero attached hydrogens (tertiary/aromatic N) is 1. The minimum absolute atomic E-state index is 0.0150. The van der Waals surface area contributed by atoms with E-state index in [9.17, 15) is 12.8 Å². The van der Waals surface area contributed by atoms with Crippen LogP contribution in [0, 0.1) is 5.82 Å². The SMILES string of the molecule is C=CCN(c1ccccc1F)S(=O)(=O)c1cccs1. The predicted octanol–water partition coefficient (Wildman–Crippen LogP) is 3.27. The highest BCUT2D eigenvalue weighted by atomic mass is 32.2. The van der Waals surface area contributed by atoms with Crippen molar-refractivity contribution in [2.75, 3.05) is 10.8 Å². The summed E-state index contributed by atoms with van der Waals surface area (Å²) < 4.78 is 39.9. The molecule has 0 atom stereocenters. The fourth-order valence-corrected chi connectivity index (χ4v) is 4.16. The van der Waals surface area contributed by atoms with Crippen LogP contribution in [0.5, 0.6) is 0 Å². The third-order valence-corrected chi connectivity index (χ3v) is 5.61. The molecule has 0 bridgehead atoms. The lowest BCUT2D eigenvalue weighted by Crippen LogP contribution is -2.31. The highest BCUT2D eigenvalue weighted by molar-refractivity contribution is 7.94. The summed E-state index contributed by atoms with van der Waals surface area (Å²) in [6.07, 6.45) is 1.43. The van der Waals surface area contributed by atoms with Crippen LogP contribution in [-0.2, 0) is 10.0 Å². The van der Waals surface area contributed by atoms with E-state index in [1.807, 2.05) is 0 Å². The maximum atomic E-state index is 13.8. The third kappa shape index (κ3) is 2.69. The minimum atomic E-state index is -3.75. The molecule has 100 valence electrons. The number of hydrogen-bond acceptors (Lipinski definition) is 3. The Kier molecular flexibility index (Phi) is 4.01. The molecule has 6 heteroatoms. The van der Waals surface area contributed by atoms with Gasteiger partial charge in [0.25, 0.3) is 10.0 Å². The molecule has 3 nitrogen and oxygen atoms in total. The van der Waals surface area contributed by atoms with Crippen molar-refractivity contribution in [2.24, 2.45) is 0 Å². The molecule has 0 aliphatic rings. The zero-order valence-electron chi connectivity index (χ0n) is 9.99. The second-order valence-corrected chi connectivity index (χ2v) is 6.75. The second-order valence-electron chi connectivity index (χ2n) is 3.71. The Morgan fingerprint density at radius 2 is 2.00 bits per heavy atom. The Morgan fingerprint density at radius 3 is 2.58 bits per heavy atom. The maximum Gasteiger partial charge on any atom is 0.274 e. The van der Waals surface area contributed by atoms with Crippen molar-refractivity contribution >= 4 is 27.0 Å². The highest BCUT2D eigenvalue weighted by Crippen LogP contribution is 2.28. The molecule has 1 heterocycles. The lowest BCUT2D eigenvalue weighted by atomic mass is 10.3. The third-order valence-electron chi connectivity index (χ3n) is 2.46. The topological polar surface area (TPSA) is 37.4 Å². The number of sulfonamides is 1. The van der Waals surface area contributed by atoms with E-state index in [0.29, 0.717) is 0 Å².